The number of halogens is 1. The molecule has 0 aliphatic heterocycles. The van der Waals surface area contributed by atoms with Gasteiger partial charge in [-0.15, -0.1) is 0 Å². The molecule has 2 aromatic rings. The monoisotopic (exact) mass is 406 g/mol. The Balaban J connectivity index is 2.12. The summed E-state index contributed by atoms with van der Waals surface area (Å²) in [6.45, 7) is 0. The molecule has 1 atom stereocenters. The molecule has 0 spiro atoms. The maximum absolute atomic E-state index is 12.2. The Morgan fingerprint density at radius 2 is 1.88 bits per heavy atom. The number of imide groups is 1. The molecule has 1 aromatic carbocycles. The molecule has 2 rings (SSSR count). The number of furan rings is 1. The van der Waals surface area contributed by atoms with Crippen LogP contribution in [-0.4, -0.2) is 25.0 Å². The lowest BCUT2D eigenvalue weighted by Gasteiger charge is -2.16. The second kappa shape index (κ2) is 8.84. The fourth-order valence-electron chi connectivity index (χ4n) is 1.86. The minimum Gasteiger partial charge on any atom is -0.450 e. The van der Waals surface area contributed by atoms with Crippen LogP contribution in [0.2, 0.25) is 0 Å². The van der Waals surface area contributed by atoms with Crippen LogP contribution in [0.25, 0.3) is 6.08 Å². The van der Waals surface area contributed by atoms with Crippen LogP contribution >= 0.6 is 15.9 Å². The number of urea groups is 1. The van der Waals surface area contributed by atoms with Crippen molar-refractivity contribution in [2.24, 2.45) is 0 Å². The number of amides is 3. The molecular weight excluding hydrogens is 392 g/mol. The fraction of sp³-hybridized carbons (Fsp3) is 0.118. The summed E-state index contributed by atoms with van der Waals surface area (Å²) < 4.78 is 11.0. The Morgan fingerprint density at radius 1 is 1.16 bits per heavy atom. The molecular formula is C17H15BrN2O5. The zero-order chi connectivity index (χ0) is 18.2. The molecule has 1 unspecified atom stereocenters. The maximum atomic E-state index is 12.2. The molecule has 0 aliphatic carbocycles. The van der Waals surface area contributed by atoms with Gasteiger partial charge < -0.3 is 14.5 Å². The quantitative estimate of drug-likeness (QED) is 0.587. The third-order valence-electron chi connectivity index (χ3n) is 3.02. The average molecular weight is 407 g/mol. The molecule has 8 heteroatoms. The highest BCUT2D eigenvalue weighted by atomic mass is 79.9. The molecule has 7 nitrogen and oxygen atoms in total. The molecule has 0 aliphatic rings. The summed E-state index contributed by atoms with van der Waals surface area (Å²) in [6, 6.07) is 11.0. The van der Waals surface area contributed by atoms with Crippen molar-refractivity contribution in [2.45, 2.75) is 6.10 Å². The van der Waals surface area contributed by atoms with Gasteiger partial charge in [0.05, 0.1) is 0 Å². The SMILES string of the molecule is CNC(=O)NC(=O)C(OC(=O)/C=C/c1ccc(Br)o1)c1ccccc1. The van der Waals surface area contributed by atoms with E-state index in [1.54, 1.807) is 42.5 Å². The Kier molecular flexibility index (Phi) is 6.53. The third kappa shape index (κ3) is 5.61. The molecule has 130 valence electrons. The van der Waals surface area contributed by atoms with Crippen LogP contribution in [0.15, 0.2) is 57.6 Å². The van der Waals surface area contributed by atoms with Gasteiger partial charge in [-0.25, -0.2) is 9.59 Å². The molecule has 0 fully saturated rings. The second-order valence-electron chi connectivity index (χ2n) is 4.77. The molecule has 0 saturated carbocycles. The van der Waals surface area contributed by atoms with Gasteiger partial charge >= 0.3 is 12.0 Å². The van der Waals surface area contributed by atoms with Gasteiger partial charge in [-0.2, -0.15) is 0 Å². The van der Waals surface area contributed by atoms with Gasteiger partial charge in [-0.3, -0.25) is 10.1 Å². The van der Waals surface area contributed by atoms with E-state index in [2.05, 4.69) is 26.6 Å². The van der Waals surface area contributed by atoms with Gasteiger partial charge in [-0.05, 0) is 34.1 Å². The van der Waals surface area contributed by atoms with Gasteiger partial charge in [0.2, 0.25) is 6.10 Å². The van der Waals surface area contributed by atoms with Gasteiger partial charge in [0.1, 0.15) is 5.76 Å². The second-order valence-corrected chi connectivity index (χ2v) is 5.55. The normalized spacial score (nSPS) is 11.8. The van der Waals surface area contributed by atoms with Crippen molar-refractivity contribution in [3.8, 4) is 0 Å². The first kappa shape index (κ1) is 18.5. The summed E-state index contributed by atoms with van der Waals surface area (Å²) in [4.78, 5) is 35.6. The Hall–Kier alpha value is -2.87. The molecule has 0 radical (unpaired) electrons. The summed E-state index contributed by atoms with van der Waals surface area (Å²) in [7, 11) is 1.37. The molecule has 3 amide bonds. The van der Waals surface area contributed by atoms with Crippen LogP contribution < -0.4 is 10.6 Å². The number of hydrogen-bond acceptors (Lipinski definition) is 5. The van der Waals surface area contributed by atoms with E-state index in [0.717, 1.165) is 6.08 Å². The number of esters is 1. The Bertz CT molecular complexity index is 785. The van der Waals surface area contributed by atoms with E-state index in [1.165, 1.54) is 13.1 Å². The van der Waals surface area contributed by atoms with Crippen LogP contribution in [0.5, 0.6) is 0 Å². The zero-order valence-electron chi connectivity index (χ0n) is 13.2. The lowest BCUT2D eigenvalue weighted by molar-refractivity contribution is -0.151. The molecule has 25 heavy (non-hydrogen) atoms. The first-order chi connectivity index (χ1) is 12.0. The Labute approximate surface area is 152 Å². The summed E-state index contributed by atoms with van der Waals surface area (Å²) in [5.41, 5.74) is 0.436. The van der Waals surface area contributed by atoms with Crippen molar-refractivity contribution in [1.82, 2.24) is 10.6 Å². The van der Waals surface area contributed by atoms with Crippen LogP contribution in [-0.2, 0) is 14.3 Å². The average Bonchev–Trinajstić information content (AvgIpc) is 3.03. The van der Waals surface area contributed by atoms with E-state index < -0.39 is 24.0 Å². The van der Waals surface area contributed by atoms with Crippen molar-refractivity contribution in [3.05, 3.63) is 64.5 Å². The first-order valence-corrected chi connectivity index (χ1v) is 8.00. The summed E-state index contributed by atoms with van der Waals surface area (Å²) >= 11 is 3.15. The van der Waals surface area contributed by atoms with E-state index in [-0.39, 0.29) is 0 Å². The molecule has 0 saturated heterocycles. The van der Waals surface area contributed by atoms with E-state index in [4.69, 9.17) is 9.15 Å². The maximum Gasteiger partial charge on any atom is 0.332 e. The highest BCUT2D eigenvalue weighted by Gasteiger charge is 2.25. The largest absolute Gasteiger partial charge is 0.450 e. The highest BCUT2D eigenvalue weighted by molar-refractivity contribution is 9.10. The number of benzene rings is 1. The first-order valence-electron chi connectivity index (χ1n) is 7.21. The number of carbonyl (C=O) groups excluding carboxylic acids is 3. The zero-order valence-corrected chi connectivity index (χ0v) is 14.8. The van der Waals surface area contributed by atoms with E-state index in [1.807, 2.05) is 0 Å². The lowest BCUT2D eigenvalue weighted by Crippen LogP contribution is -2.41. The van der Waals surface area contributed by atoms with E-state index in [0.29, 0.717) is 16.0 Å². The van der Waals surface area contributed by atoms with Crippen molar-refractivity contribution in [2.75, 3.05) is 7.05 Å². The fourth-order valence-corrected chi connectivity index (χ4v) is 2.18. The summed E-state index contributed by atoms with van der Waals surface area (Å²) in [5, 5.41) is 4.36. The topological polar surface area (TPSA) is 97.6 Å². The smallest absolute Gasteiger partial charge is 0.332 e. The van der Waals surface area contributed by atoms with Crippen molar-refractivity contribution >= 4 is 39.9 Å². The van der Waals surface area contributed by atoms with Crippen LogP contribution in [0.1, 0.15) is 17.4 Å². The minimum atomic E-state index is -1.26. The third-order valence-corrected chi connectivity index (χ3v) is 3.44. The van der Waals surface area contributed by atoms with Gasteiger partial charge in [-0.1, -0.05) is 30.3 Å². The number of carbonyl (C=O) groups is 3. The van der Waals surface area contributed by atoms with Crippen molar-refractivity contribution in [3.63, 3.8) is 0 Å². The highest BCUT2D eigenvalue weighted by Crippen LogP contribution is 2.19. The predicted molar refractivity (Wildman–Crippen MR) is 93.3 cm³/mol. The molecule has 1 heterocycles. The van der Waals surface area contributed by atoms with Crippen LogP contribution in [0.3, 0.4) is 0 Å². The van der Waals surface area contributed by atoms with Gasteiger partial charge in [0.25, 0.3) is 5.91 Å². The lowest BCUT2D eigenvalue weighted by atomic mass is 10.1. The summed E-state index contributed by atoms with van der Waals surface area (Å²) in [5.74, 6) is -1.07. The number of ether oxygens (including phenoxy) is 1. The Morgan fingerprint density at radius 3 is 2.48 bits per heavy atom. The van der Waals surface area contributed by atoms with Crippen molar-refractivity contribution in [1.29, 1.82) is 0 Å². The van der Waals surface area contributed by atoms with Gasteiger partial charge in [0, 0.05) is 18.7 Å². The summed E-state index contributed by atoms with van der Waals surface area (Å²) in [6.07, 6.45) is 1.28. The van der Waals surface area contributed by atoms with Crippen LogP contribution in [0, 0.1) is 0 Å². The predicted octanol–water partition coefficient (Wildman–Crippen LogP) is 2.80. The van der Waals surface area contributed by atoms with E-state index in [9.17, 15) is 14.4 Å². The minimum absolute atomic E-state index is 0.436. The van der Waals surface area contributed by atoms with Crippen LogP contribution in [0.4, 0.5) is 4.79 Å². The number of hydrogen-bond donors (Lipinski definition) is 2. The van der Waals surface area contributed by atoms with E-state index >= 15 is 0 Å². The molecule has 2 N–H and O–H groups in total. The number of rotatable bonds is 5. The standard InChI is InChI=1S/C17H15BrN2O5/c1-19-17(23)20-16(22)15(11-5-3-2-4-6-11)25-14(21)10-8-12-7-9-13(18)24-12/h2-10,15H,1H3,(H2,19,20,22,23)/b10-8+. The number of nitrogens with one attached hydrogen (secondary N) is 2. The molecule has 1 aromatic heterocycles. The van der Waals surface area contributed by atoms with Crippen molar-refractivity contribution < 1.29 is 23.5 Å². The molecule has 0 bridgehead atoms. The van der Waals surface area contributed by atoms with Gasteiger partial charge in [0.15, 0.2) is 4.67 Å².